The van der Waals surface area contributed by atoms with Crippen molar-refractivity contribution >= 4 is 17.3 Å². The number of hydrogen-bond donors (Lipinski definition) is 2. The molecule has 1 amide bonds. The molecule has 110 valence electrons. The number of hydrogen-bond acceptors (Lipinski definition) is 4. The SMILES string of the molecule is CNc1ccncc1C(=O)Nc1ccc(C(F)(F)F)nc1. The second kappa shape index (κ2) is 5.78. The van der Waals surface area contributed by atoms with E-state index in [9.17, 15) is 18.0 Å². The van der Waals surface area contributed by atoms with Crippen molar-refractivity contribution in [2.75, 3.05) is 17.7 Å². The van der Waals surface area contributed by atoms with E-state index in [1.165, 1.54) is 12.4 Å². The molecule has 2 aromatic rings. The first kappa shape index (κ1) is 14.8. The molecule has 2 aromatic heterocycles. The minimum absolute atomic E-state index is 0.166. The quantitative estimate of drug-likeness (QED) is 0.914. The molecule has 21 heavy (non-hydrogen) atoms. The molecule has 0 aromatic carbocycles. The zero-order chi connectivity index (χ0) is 15.5. The number of halogens is 3. The van der Waals surface area contributed by atoms with E-state index in [2.05, 4.69) is 20.6 Å². The van der Waals surface area contributed by atoms with Gasteiger partial charge in [0.15, 0.2) is 0 Å². The van der Waals surface area contributed by atoms with Crippen LogP contribution < -0.4 is 10.6 Å². The van der Waals surface area contributed by atoms with Crippen molar-refractivity contribution in [3.63, 3.8) is 0 Å². The molecule has 0 radical (unpaired) electrons. The van der Waals surface area contributed by atoms with Crippen LogP contribution in [-0.4, -0.2) is 22.9 Å². The van der Waals surface area contributed by atoms with E-state index < -0.39 is 17.8 Å². The van der Waals surface area contributed by atoms with Gasteiger partial charge in [-0.2, -0.15) is 13.2 Å². The van der Waals surface area contributed by atoms with Crippen molar-refractivity contribution in [3.8, 4) is 0 Å². The van der Waals surface area contributed by atoms with Gasteiger partial charge in [0.1, 0.15) is 5.69 Å². The molecule has 0 saturated carbocycles. The third-order valence-electron chi connectivity index (χ3n) is 2.65. The third kappa shape index (κ3) is 3.47. The number of rotatable bonds is 3. The highest BCUT2D eigenvalue weighted by Crippen LogP contribution is 2.27. The fourth-order valence-corrected chi connectivity index (χ4v) is 1.63. The number of amides is 1. The molecule has 0 unspecified atom stereocenters. The van der Waals surface area contributed by atoms with E-state index in [4.69, 9.17) is 0 Å². The van der Waals surface area contributed by atoms with Crippen LogP contribution in [0.15, 0.2) is 36.8 Å². The predicted octanol–water partition coefficient (Wildman–Crippen LogP) is 2.79. The number of aromatic nitrogens is 2. The van der Waals surface area contributed by atoms with Crippen LogP contribution in [0.4, 0.5) is 24.5 Å². The lowest BCUT2D eigenvalue weighted by Gasteiger charge is -2.10. The third-order valence-corrected chi connectivity index (χ3v) is 2.65. The lowest BCUT2D eigenvalue weighted by Crippen LogP contribution is -2.15. The molecule has 0 bridgehead atoms. The highest BCUT2D eigenvalue weighted by molar-refractivity contribution is 6.07. The van der Waals surface area contributed by atoms with Crippen LogP contribution in [0.2, 0.25) is 0 Å². The number of nitrogens with zero attached hydrogens (tertiary/aromatic N) is 2. The Morgan fingerprint density at radius 2 is 1.95 bits per heavy atom. The molecule has 0 fully saturated rings. The van der Waals surface area contributed by atoms with E-state index >= 15 is 0 Å². The van der Waals surface area contributed by atoms with Gasteiger partial charge in [0.25, 0.3) is 5.91 Å². The lowest BCUT2D eigenvalue weighted by molar-refractivity contribution is -0.141. The second-order valence-corrected chi connectivity index (χ2v) is 4.06. The van der Waals surface area contributed by atoms with Gasteiger partial charge in [-0.25, -0.2) is 4.98 Å². The summed E-state index contributed by atoms with van der Waals surface area (Å²) >= 11 is 0. The van der Waals surface area contributed by atoms with E-state index in [0.29, 0.717) is 5.69 Å². The molecule has 2 heterocycles. The Kier molecular flexibility index (Phi) is 4.06. The first-order chi connectivity index (χ1) is 9.91. The average molecular weight is 296 g/mol. The Labute approximate surface area is 118 Å². The maximum absolute atomic E-state index is 12.4. The molecule has 0 aliphatic carbocycles. The molecular weight excluding hydrogens is 285 g/mol. The fourth-order valence-electron chi connectivity index (χ4n) is 1.63. The van der Waals surface area contributed by atoms with Crippen molar-refractivity contribution in [2.45, 2.75) is 6.18 Å². The zero-order valence-electron chi connectivity index (χ0n) is 10.9. The number of alkyl halides is 3. The highest BCUT2D eigenvalue weighted by Gasteiger charge is 2.32. The van der Waals surface area contributed by atoms with Crippen LogP contribution in [-0.2, 0) is 6.18 Å². The monoisotopic (exact) mass is 296 g/mol. The Morgan fingerprint density at radius 1 is 1.19 bits per heavy atom. The van der Waals surface area contributed by atoms with Gasteiger partial charge < -0.3 is 10.6 Å². The summed E-state index contributed by atoms with van der Waals surface area (Å²) in [7, 11) is 1.64. The molecule has 2 rings (SSSR count). The summed E-state index contributed by atoms with van der Waals surface area (Å²) in [6, 6.07) is 3.56. The van der Waals surface area contributed by atoms with Crippen molar-refractivity contribution < 1.29 is 18.0 Å². The maximum Gasteiger partial charge on any atom is 0.433 e. The molecule has 0 spiro atoms. The van der Waals surface area contributed by atoms with Crippen LogP contribution in [0.1, 0.15) is 16.1 Å². The van der Waals surface area contributed by atoms with Gasteiger partial charge in [-0.15, -0.1) is 0 Å². The first-order valence-corrected chi connectivity index (χ1v) is 5.88. The summed E-state index contributed by atoms with van der Waals surface area (Å²) < 4.78 is 37.1. The Hall–Kier alpha value is -2.64. The molecule has 0 aliphatic rings. The number of anilines is 2. The second-order valence-electron chi connectivity index (χ2n) is 4.06. The molecule has 0 saturated heterocycles. The number of carbonyl (C=O) groups excluding carboxylic acids is 1. The van der Waals surface area contributed by atoms with Gasteiger partial charge in [0, 0.05) is 25.1 Å². The first-order valence-electron chi connectivity index (χ1n) is 5.88. The van der Waals surface area contributed by atoms with E-state index in [0.717, 1.165) is 18.3 Å². The summed E-state index contributed by atoms with van der Waals surface area (Å²) in [6.45, 7) is 0. The zero-order valence-corrected chi connectivity index (χ0v) is 10.9. The maximum atomic E-state index is 12.4. The molecule has 0 atom stereocenters. The van der Waals surface area contributed by atoms with Crippen molar-refractivity contribution in [2.24, 2.45) is 0 Å². The number of pyridine rings is 2. The Balaban J connectivity index is 2.16. The van der Waals surface area contributed by atoms with Crippen molar-refractivity contribution in [3.05, 3.63) is 48.0 Å². The Morgan fingerprint density at radius 3 is 2.52 bits per heavy atom. The molecular formula is C13H11F3N4O. The Bertz CT molecular complexity index is 641. The highest BCUT2D eigenvalue weighted by atomic mass is 19.4. The normalized spacial score (nSPS) is 11.0. The van der Waals surface area contributed by atoms with Gasteiger partial charge in [-0.3, -0.25) is 9.78 Å². The summed E-state index contributed by atoms with van der Waals surface area (Å²) in [5, 5.41) is 5.29. The summed E-state index contributed by atoms with van der Waals surface area (Å²) in [6.07, 6.45) is -0.678. The fraction of sp³-hybridized carbons (Fsp3) is 0.154. The van der Waals surface area contributed by atoms with Gasteiger partial charge in [0.05, 0.1) is 17.4 Å². The average Bonchev–Trinajstić information content (AvgIpc) is 2.46. The number of carbonyl (C=O) groups is 1. The molecule has 8 heteroatoms. The van der Waals surface area contributed by atoms with Crippen molar-refractivity contribution in [1.29, 1.82) is 0 Å². The lowest BCUT2D eigenvalue weighted by atomic mass is 10.2. The molecule has 5 nitrogen and oxygen atoms in total. The largest absolute Gasteiger partial charge is 0.433 e. The predicted molar refractivity (Wildman–Crippen MR) is 71.0 cm³/mol. The van der Waals surface area contributed by atoms with E-state index in [-0.39, 0.29) is 11.3 Å². The van der Waals surface area contributed by atoms with Crippen molar-refractivity contribution in [1.82, 2.24) is 9.97 Å². The van der Waals surface area contributed by atoms with Crippen LogP contribution in [0.25, 0.3) is 0 Å². The van der Waals surface area contributed by atoms with Crippen LogP contribution in [0, 0.1) is 0 Å². The van der Waals surface area contributed by atoms with Gasteiger partial charge in [0.2, 0.25) is 0 Å². The minimum atomic E-state index is -4.51. The van der Waals surface area contributed by atoms with Gasteiger partial charge >= 0.3 is 6.18 Å². The summed E-state index contributed by atoms with van der Waals surface area (Å²) in [5.41, 5.74) is -0.0148. The van der Waals surface area contributed by atoms with E-state index in [1.807, 2.05) is 0 Å². The summed E-state index contributed by atoms with van der Waals surface area (Å²) in [5.74, 6) is -0.492. The minimum Gasteiger partial charge on any atom is -0.387 e. The van der Waals surface area contributed by atoms with Crippen LogP contribution in [0.3, 0.4) is 0 Å². The van der Waals surface area contributed by atoms with E-state index in [1.54, 1.807) is 13.1 Å². The van der Waals surface area contributed by atoms with Crippen LogP contribution >= 0.6 is 0 Å². The standard InChI is InChI=1S/C13H11F3N4O/c1-17-10-4-5-18-7-9(10)12(21)20-8-2-3-11(19-6-8)13(14,15)16/h2-7H,1H3,(H,17,18)(H,20,21). The summed E-state index contributed by atoms with van der Waals surface area (Å²) in [4.78, 5) is 19.1. The topological polar surface area (TPSA) is 66.9 Å². The van der Waals surface area contributed by atoms with Crippen LogP contribution in [0.5, 0.6) is 0 Å². The molecule has 2 N–H and O–H groups in total. The van der Waals surface area contributed by atoms with Gasteiger partial charge in [-0.05, 0) is 18.2 Å². The smallest absolute Gasteiger partial charge is 0.387 e. The number of nitrogens with one attached hydrogen (secondary N) is 2. The molecule has 0 aliphatic heterocycles. The van der Waals surface area contributed by atoms with Gasteiger partial charge in [-0.1, -0.05) is 0 Å².